The van der Waals surface area contributed by atoms with Crippen LogP contribution in [0, 0.1) is 0 Å². The Bertz CT molecular complexity index is 1010. The second kappa shape index (κ2) is 7.57. The summed E-state index contributed by atoms with van der Waals surface area (Å²) in [5, 5.41) is 0. The van der Waals surface area contributed by atoms with Crippen LogP contribution in [0.5, 0.6) is 5.75 Å². The Hall–Kier alpha value is -2.87. The number of nitrogens with zero attached hydrogens (tertiary/aromatic N) is 3. The van der Waals surface area contributed by atoms with Crippen molar-refractivity contribution in [2.75, 3.05) is 20.8 Å². The molecule has 8 nitrogen and oxygen atoms in total. The van der Waals surface area contributed by atoms with E-state index in [2.05, 4.69) is 9.97 Å². The van der Waals surface area contributed by atoms with E-state index in [0.717, 1.165) is 17.7 Å². The molecule has 0 unspecified atom stereocenters. The third kappa shape index (κ3) is 3.15. The van der Waals surface area contributed by atoms with Gasteiger partial charge in [0.25, 0.3) is 5.56 Å². The minimum absolute atomic E-state index is 0.376. The minimum Gasteiger partial charge on any atom is -0.497 e. The number of benzene rings is 1. The van der Waals surface area contributed by atoms with Gasteiger partial charge in [-0.05, 0) is 30.7 Å². The molecule has 0 aliphatic heterocycles. The molecule has 2 aromatic heterocycles. The quantitative estimate of drug-likeness (QED) is 0.693. The van der Waals surface area contributed by atoms with Gasteiger partial charge in [-0.1, -0.05) is 6.92 Å². The van der Waals surface area contributed by atoms with E-state index in [1.165, 1.54) is 4.57 Å². The van der Waals surface area contributed by atoms with E-state index in [1.54, 1.807) is 18.8 Å². The van der Waals surface area contributed by atoms with E-state index in [4.69, 9.17) is 9.47 Å². The van der Waals surface area contributed by atoms with Crippen LogP contribution in [-0.4, -0.2) is 39.9 Å². The van der Waals surface area contributed by atoms with Crippen LogP contribution in [0.2, 0.25) is 0 Å². The molecule has 1 N–H and O–H groups in total. The van der Waals surface area contributed by atoms with Crippen molar-refractivity contribution < 1.29 is 9.47 Å². The van der Waals surface area contributed by atoms with Gasteiger partial charge in [0.1, 0.15) is 11.6 Å². The normalized spacial score (nSPS) is 11.2. The zero-order chi connectivity index (χ0) is 18.7. The summed E-state index contributed by atoms with van der Waals surface area (Å²) in [6.07, 6.45) is 0.754. The highest BCUT2D eigenvalue weighted by atomic mass is 16.5. The van der Waals surface area contributed by atoms with E-state index in [1.807, 2.05) is 31.2 Å². The minimum atomic E-state index is -0.444. The Morgan fingerprint density at radius 3 is 2.42 bits per heavy atom. The van der Waals surface area contributed by atoms with Crippen molar-refractivity contribution in [3.8, 4) is 17.1 Å². The fraction of sp³-hybridized carbons (Fsp3) is 0.389. The number of methoxy groups -OCH3 is 2. The topological polar surface area (TPSA) is 91.1 Å². The zero-order valence-electron chi connectivity index (χ0n) is 15.1. The van der Waals surface area contributed by atoms with Gasteiger partial charge in [-0.25, -0.2) is 9.78 Å². The van der Waals surface area contributed by atoms with Crippen molar-refractivity contribution in [1.82, 2.24) is 19.1 Å². The summed E-state index contributed by atoms with van der Waals surface area (Å²) in [7, 11) is 3.20. The van der Waals surface area contributed by atoms with Crippen LogP contribution in [0.4, 0.5) is 0 Å². The molecule has 0 spiro atoms. The Kier molecular flexibility index (Phi) is 5.22. The summed E-state index contributed by atoms with van der Waals surface area (Å²) in [6, 6.07) is 7.41. The molecule has 0 saturated heterocycles. The molecule has 0 bridgehead atoms. The van der Waals surface area contributed by atoms with Crippen LogP contribution in [0.25, 0.3) is 22.6 Å². The number of rotatable bonds is 7. The molecule has 26 heavy (non-hydrogen) atoms. The van der Waals surface area contributed by atoms with Crippen molar-refractivity contribution in [2.45, 2.75) is 26.4 Å². The number of ether oxygens (including phenoxy) is 2. The first-order valence-corrected chi connectivity index (χ1v) is 8.47. The van der Waals surface area contributed by atoms with Gasteiger partial charge in [0.15, 0.2) is 11.2 Å². The predicted molar refractivity (Wildman–Crippen MR) is 98.8 cm³/mol. The number of fused-ring (bicyclic) bond motifs is 1. The van der Waals surface area contributed by atoms with E-state index in [0.29, 0.717) is 36.7 Å². The highest BCUT2D eigenvalue weighted by Gasteiger charge is 2.19. The lowest BCUT2D eigenvalue weighted by Crippen LogP contribution is -2.31. The summed E-state index contributed by atoms with van der Waals surface area (Å²) in [5.74, 6) is 1.34. The predicted octanol–water partition coefficient (Wildman–Crippen LogP) is 1.62. The largest absolute Gasteiger partial charge is 0.497 e. The van der Waals surface area contributed by atoms with Crippen molar-refractivity contribution in [2.24, 2.45) is 0 Å². The molecule has 0 fully saturated rings. The molecule has 3 aromatic rings. The van der Waals surface area contributed by atoms with E-state index in [-0.39, 0.29) is 0 Å². The lowest BCUT2D eigenvalue weighted by molar-refractivity contribution is 0.188. The zero-order valence-corrected chi connectivity index (χ0v) is 15.1. The van der Waals surface area contributed by atoms with Gasteiger partial charge in [0, 0.05) is 25.8 Å². The summed E-state index contributed by atoms with van der Waals surface area (Å²) < 4.78 is 13.7. The number of hydrogen-bond acceptors (Lipinski definition) is 5. The molecule has 8 heteroatoms. The van der Waals surface area contributed by atoms with Crippen molar-refractivity contribution >= 4 is 11.2 Å². The van der Waals surface area contributed by atoms with Crippen LogP contribution in [0.15, 0.2) is 33.9 Å². The summed E-state index contributed by atoms with van der Waals surface area (Å²) >= 11 is 0. The molecule has 3 rings (SSSR count). The Morgan fingerprint density at radius 1 is 1.08 bits per heavy atom. The molecule has 1 aromatic carbocycles. The second-order valence-electron chi connectivity index (χ2n) is 5.89. The highest BCUT2D eigenvalue weighted by molar-refractivity contribution is 5.77. The second-order valence-corrected chi connectivity index (χ2v) is 5.89. The first kappa shape index (κ1) is 17.9. The smallest absolute Gasteiger partial charge is 0.330 e. The summed E-state index contributed by atoms with van der Waals surface area (Å²) in [4.78, 5) is 31.7. The van der Waals surface area contributed by atoms with Crippen LogP contribution in [-0.2, 0) is 17.8 Å². The van der Waals surface area contributed by atoms with Crippen LogP contribution in [0.1, 0.15) is 13.3 Å². The number of aromatic nitrogens is 4. The van der Waals surface area contributed by atoms with E-state index >= 15 is 0 Å². The maximum atomic E-state index is 12.5. The van der Waals surface area contributed by atoms with Gasteiger partial charge in [-0.15, -0.1) is 0 Å². The van der Waals surface area contributed by atoms with Gasteiger partial charge >= 0.3 is 5.69 Å². The van der Waals surface area contributed by atoms with Crippen molar-refractivity contribution in [1.29, 1.82) is 0 Å². The molecule has 0 amide bonds. The van der Waals surface area contributed by atoms with E-state index < -0.39 is 11.2 Å². The standard InChI is InChI=1S/C18H22N4O4/c1-4-9-22-16-14(17(23)20-18(22)24)21(10-11-25-2)15(19-16)12-5-7-13(26-3)8-6-12/h5-8H,4,9-11H2,1-3H3,(H,20,23,24). The van der Waals surface area contributed by atoms with Gasteiger partial charge in [0.05, 0.1) is 13.7 Å². The Balaban J connectivity index is 2.29. The van der Waals surface area contributed by atoms with Gasteiger partial charge in [0.2, 0.25) is 0 Å². The molecular formula is C18H22N4O4. The monoisotopic (exact) mass is 358 g/mol. The summed E-state index contributed by atoms with van der Waals surface area (Å²) in [5.41, 5.74) is 0.708. The fourth-order valence-electron chi connectivity index (χ4n) is 2.96. The van der Waals surface area contributed by atoms with Crippen molar-refractivity contribution in [3.63, 3.8) is 0 Å². The lowest BCUT2D eigenvalue weighted by Gasteiger charge is -2.09. The lowest BCUT2D eigenvalue weighted by atomic mass is 10.2. The number of nitrogens with one attached hydrogen (secondary N) is 1. The molecule has 2 heterocycles. The first-order chi connectivity index (χ1) is 12.6. The highest BCUT2D eigenvalue weighted by Crippen LogP contribution is 2.24. The third-order valence-electron chi connectivity index (χ3n) is 4.20. The molecule has 0 aliphatic rings. The Morgan fingerprint density at radius 2 is 1.81 bits per heavy atom. The fourth-order valence-corrected chi connectivity index (χ4v) is 2.96. The third-order valence-corrected chi connectivity index (χ3v) is 4.20. The van der Waals surface area contributed by atoms with Crippen LogP contribution in [0.3, 0.4) is 0 Å². The molecule has 0 radical (unpaired) electrons. The number of aromatic amines is 1. The van der Waals surface area contributed by atoms with Crippen molar-refractivity contribution in [3.05, 3.63) is 45.1 Å². The molecular weight excluding hydrogens is 336 g/mol. The average molecular weight is 358 g/mol. The number of imidazole rings is 1. The number of H-pyrrole nitrogens is 1. The molecule has 0 saturated carbocycles. The maximum Gasteiger partial charge on any atom is 0.330 e. The average Bonchev–Trinajstić information content (AvgIpc) is 3.03. The van der Waals surface area contributed by atoms with Gasteiger partial charge in [-0.2, -0.15) is 0 Å². The molecule has 0 aliphatic carbocycles. The van der Waals surface area contributed by atoms with E-state index in [9.17, 15) is 9.59 Å². The number of hydrogen-bond donors (Lipinski definition) is 1. The SMILES string of the molecule is CCCn1c(=O)[nH]c(=O)c2c1nc(-c1ccc(OC)cc1)n2CCOC. The summed E-state index contributed by atoms with van der Waals surface area (Å²) in [6.45, 7) is 3.31. The van der Waals surface area contributed by atoms with Crippen LogP contribution >= 0.6 is 0 Å². The first-order valence-electron chi connectivity index (χ1n) is 8.47. The Labute approximate surface area is 150 Å². The molecule has 138 valence electrons. The van der Waals surface area contributed by atoms with Crippen LogP contribution < -0.4 is 16.0 Å². The number of aryl methyl sites for hydroxylation is 1. The van der Waals surface area contributed by atoms with Gasteiger partial charge < -0.3 is 14.0 Å². The molecule has 0 atom stereocenters. The van der Waals surface area contributed by atoms with Gasteiger partial charge in [-0.3, -0.25) is 14.3 Å². The maximum absolute atomic E-state index is 12.5.